The molecule has 0 saturated carbocycles. The number of nitrogens with one attached hydrogen (secondary N) is 2. The summed E-state index contributed by atoms with van der Waals surface area (Å²) in [5.41, 5.74) is 0.702. The molecule has 0 spiro atoms. The van der Waals surface area contributed by atoms with Crippen LogP contribution in [0.25, 0.3) is 0 Å². The van der Waals surface area contributed by atoms with E-state index in [0.717, 1.165) is 19.5 Å². The van der Waals surface area contributed by atoms with Gasteiger partial charge in [0.15, 0.2) is 0 Å². The molecule has 0 bridgehead atoms. The molecule has 3 nitrogen and oxygen atoms in total. The van der Waals surface area contributed by atoms with Crippen LogP contribution in [0, 0.1) is 5.92 Å². The zero-order valence-corrected chi connectivity index (χ0v) is 12.9. The number of carbonyl (C=O) groups is 1. The maximum Gasteiger partial charge on any atom is 0.224 e. The van der Waals surface area contributed by atoms with Crippen LogP contribution in [0.2, 0.25) is 10.0 Å². The van der Waals surface area contributed by atoms with E-state index in [1.54, 1.807) is 18.2 Å². The molecule has 1 aromatic rings. The lowest BCUT2D eigenvalue weighted by Crippen LogP contribution is -2.33. The van der Waals surface area contributed by atoms with Crippen LogP contribution < -0.4 is 10.6 Å². The van der Waals surface area contributed by atoms with Crippen molar-refractivity contribution in [3.63, 3.8) is 0 Å². The summed E-state index contributed by atoms with van der Waals surface area (Å²) >= 11 is 12.1. The summed E-state index contributed by atoms with van der Waals surface area (Å²) in [6, 6.07) is 5.29. The Hall–Kier alpha value is -0.770. The van der Waals surface area contributed by atoms with E-state index < -0.39 is 0 Å². The van der Waals surface area contributed by atoms with Crippen LogP contribution in [-0.2, 0) is 11.2 Å². The number of halogens is 2. The van der Waals surface area contributed by atoms with Gasteiger partial charge in [-0.15, -0.1) is 0 Å². The summed E-state index contributed by atoms with van der Waals surface area (Å²) in [4.78, 5) is 11.9. The van der Waals surface area contributed by atoms with Gasteiger partial charge in [0.25, 0.3) is 0 Å². The minimum absolute atomic E-state index is 0.0243. The average Bonchev–Trinajstić information content (AvgIpc) is 2.44. The first-order valence-corrected chi connectivity index (χ1v) is 7.82. The monoisotopic (exact) mass is 314 g/mol. The normalized spacial score (nSPS) is 18.8. The molecule has 1 atom stereocenters. The third-order valence-corrected chi connectivity index (χ3v) is 4.38. The van der Waals surface area contributed by atoms with Crippen LogP contribution >= 0.6 is 23.2 Å². The Labute approximate surface area is 130 Å². The molecule has 1 aromatic carbocycles. The van der Waals surface area contributed by atoms with Crippen molar-refractivity contribution in [2.45, 2.75) is 25.7 Å². The molecule has 5 heteroatoms. The molecule has 2 rings (SSSR count). The predicted molar refractivity (Wildman–Crippen MR) is 83.4 cm³/mol. The quantitative estimate of drug-likeness (QED) is 0.877. The second kappa shape index (κ2) is 7.87. The summed E-state index contributed by atoms with van der Waals surface area (Å²) < 4.78 is 0. The van der Waals surface area contributed by atoms with Gasteiger partial charge in [0.1, 0.15) is 0 Å². The molecule has 1 aliphatic heterocycles. The fourth-order valence-corrected chi connectivity index (χ4v) is 3.04. The standard InChI is InChI=1S/C15H20Cl2N2O/c16-13-4-1-5-14(17)12(13)9-15(20)19-8-6-11-3-2-7-18-10-11/h1,4-5,11,18H,2-3,6-10H2,(H,19,20). The van der Waals surface area contributed by atoms with E-state index in [4.69, 9.17) is 23.2 Å². The molecular formula is C15H20Cl2N2O. The fraction of sp³-hybridized carbons (Fsp3) is 0.533. The lowest BCUT2D eigenvalue weighted by molar-refractivity contribution is -0.120. The summed E-state index contributed by atoms with van der Waals surface area (Å²) in [5.74, 6) is 0.650. The number of hydrogen-bond acceptors (Lipinski definition) is 2. The van der Waals surface area contributed by atoms with Gasteiger partial charge >= 0.3 is 0 Å². The van der Waals surface area contributed by atoms with Crippen molar-refractivity contribution in [1.29, 1.82) is 0 Å². The Morgan fingerprint density at radius 3 is 2.75 bits per heavy atom. The van der Waals surface area contributed by atoms with Crippen molar-refractivity contribution in [1.82, 2.24) is 10.6 Å². The van der Waals surface area contributed by atoms with Crippen LogP contribution in [0.4, 0.5) is 0 Å². The molecule has 2 N–H and O–H groups in total. The molecule has 1 aliphatic rings. The van der Waals surface area contributed by atoms with Gasteiger partial charge in [-0.1, -0.05) is 29.3 Å². The van der Waals surface area contributed by atoms with E-state index in [9.17, 15) is 4.79 Å². The zero-order valence-electron chi connectivity index (χ0n) is 11.4. The predicted octanol–water partition coefficient (Wildman–Crippen LogP) is 3.04. The lowest BCUT2D eigenvalue weighted by atomic mass is 9.96. The number of carbonyl (C=O) groups excluding carboxylic acids is 1. The minimum Gasteiger partial charge on any atom is -0.356 e. The maximum absolute atomic E-state index is 11.9. The number of benzene rings is 1. The first-order valence-electron chi connectivity index (χ1n) is 7.07. The molecule has 20 heavy (non-hydrogen) atoms. The van der Waals surface area contributed by atoms with Crippen molar-refractivity contribution in [2.24, 2.45) is 5.92 Å². The molecule has 1 amide bonds. The Balaban J connectivity index is 1.75. The highest BCUT2D eigenvalue weighted by molar-refractivity contribution is 6.36. The Bertz CT molecular complexity index is 439. The van der Waals surface area contributed by atoms with Crippen molar-refractivity contribution < 1.29 is 4.79 Å². The molecule has 1 heterocycles. The van der Waals surface area contributed by atoms with Crippen LogP contribution in [-0.4, -0.2) is 25.5 Å². The molecule has 110 valence electrons. The zero-order chi connectivity index (χ0) is 14.4. The average molecular weight is 315 g/mol. The molecule has 1 fully saturated rings. The summed E-state index contributed by atoms with van der Waals surface area (Å²) in [6.07, 6.45) is 3.74. The Morgan fingerprint density at radius 1 is 1.35 bits per heavy atom. The highest BCUT2D eigenvalue weighted by Gasteiger charge is 2.14. The SMILES string of the molecule is O=C(Cc1c(Cl)cccc1Cl)NCCC1CCCNC1. The molecule has 0 aromatic heterocycles. The first-order chi connectivity index (χ1) is 9.66. The fourth-order valence-electron chi connectivity index (χ4n) is 2.51. The maximum atomic E-state index is 11.9. The molecule has 1 unspecified atom stereocenters. The van der Waals surface area contributed by atoms with Gasteiger partial charge in [0.2, 0.25) is 5.91 Å². The Kier molecular flexibility index (Phi) is 6.14. The van der Waals surface area contributed by atoms with Gasteiger partial charge in [0.05, 0.1) is 6.42 Å². The molecule has 0 radical (unpaired) electrons. The number of amides is 1. The summed E-state index contributed by atoms with van der Waals surface area (Å²) in [7, 11) is 0. The highest BCUT2D eigenvalue weighted by atomic mass is 35.5. The lowest BCUT2D eigenvalue weighted by Gasteiger charge is -2.22. The van der Waals surface area contributed by atoms with Gasteiger partial charge < -0.3 is 10.6 Å². The van der Waals surface area contributed by atoms with Gasteiger partial charge in [-0.3, -0.25) is 4.79 Å². The van der Waals surface area contributed by atoms with E-state index >= 15 is 0 Å². The third kappa shape index (κ3) is 4.65. The topological polar surface area (TPSA) is 41.1 Å². The van der Waals surface area contributed by atoms with Gasteiger partial charge in [0, 0.05) is 16.6 Å². The second-order valence-electron chi connectivity index (χ2n) is 5.23. The largest absolute Gasteiger partial charge is 0.356 e. The van der Waals surface area contributed by atoms with E-state index in [0.29, 0.717) is 28.1 Å². The van der Waals surface area contributed by atoms with Crippen LogP contribution in [0.5, 0.6) is 0 Å². The van der Waals surface area contributed by atoms with E-state index in [1.165, 1.54) is 12.8 Å². The molecular weight excluding hydrogens is 295 g/mol. The number of piperidine rings is 1. The summed E-state index contributed by atoms with van der Waals surface area (Å²) in [5, 5.41) is 7.42. The third-order valence-electron chi connectivity index (χ3n) is 3.67. The van der Waals surface area contributed by atoms with Crippen LogP contribution in [0.3, 0.4) is 0 Å². The van der Waals surface area contributed by atoms with Crippen molar-refractivity contribution in [2.75, 3.05) is 19.6 Å². The minimum atomic E-state index is -0.0243. The van der Waals surface area contributed by atoms with Crippen molar-refractivity contribution in [3.8, 4) is 0 Å². The molecule has 1 saturated heterocycles. The highest BCUT2D eigenvalue weighted by Crippen LogP contribution is 2.24. The number of hydrogen-bond donors (Lipinski definition) is 2. The second-order valence-corrected chi connectivity index (χ2v) is 6.04. The van der Waals surface area contributed by atoms with Crippen molar-refractivity contribution in [3.05, 3.63) is 33.8 Å². The smallest absolute Gasteiger partial charge is 0.224 e. The van der Waals surface area contributed by atoms with E-state index in [-0.39, 0.29) is 12.3 Å². The van der Waals surface area contributed by atoms with Crippen molar-refractivity contribution >= 4 is 29.1 Å². The van der Waals surface area contributed by atoms with Crippen LogP contribution in [0.15, 0.2) is 18.2 Å². The Morgan fingerprint density at radius 2 is 2.10 bits per heavy atom. The van der Waals surface area contributed by atoms with E-state index in [2.05, 4.69) is 10.6 Å². The number of rotatable bonds is 5. The van der Waals surface area contributed by atoms with Gasteiger partial charge in [-0.2, -0.15) is 0 Å². The first kappa shape index (κ1) is 15.6. The van der Waals surface area contributed by atoms with Gasteiger partial charge in [-0.05, 0) is 56.0 Å². The summed E-state index contributed by atoms with van der Waals surface area (Å²) in [6.45, 7) is 2.90. The molecule has 0 aliphatic carbocycles. The van der Waals surface area contributed by atoms with Crippen LogP contribution in [0.1, 0.15) is 24.8 Å². The van der Waals surface area contributed by atoms with E-state index in [1.807, 2.05) is 0 Å². The van der Waals surface area contributed by atoms with Gasteiger partial charge in [-0.25, -0.2) is 0 Å².